The molecule has 6 rings (SSSR count). The second-order valence-electron chi connectivity index (χ2n) is 8.89. The number of thioether (sulfide) groups is 7. The Morgan fingerprint density at radius 2 is 1.24 bits per heavy atom. The first kappa shape index (κ1) is 30.6. The van der Waals surface area contributed by atoms with Crippen LogP contribution in [-0.4, -0.2) is 63.5 Å². The van der Waals surface area contributed by atoms with Gasteiger partial charge in [-0.05, 0) is 22.2 Å². The largest absolute Gasteiger partial charge is 0.491 e. The lowest BCUT2D eigenvalue weighted by Crippen LogP contribution is -2.11. The smallest absolute Gasteiger partial charge is 0.134 e. The Balaban J connectivity index is 1.02. The molecule has 0 unspecified atom stereocenters. The number of rotatable bonds is 5. The molecule has 3 aromatic rings. The summed E-state index contributed by atoms with van der Waals surface area (Å²) in [4.78, 5) is 0. The Kier molecular flexibility index (Phi) is 11.9. The molecule has 0 fully saturated rings. The lowest BCUT2D eigenvalue weighted by molar-refractivity contribution is 0.0205. The molecule has 3 heterocycles. The van der Waals surface area contributed by atoms with Crippen LogP contribution in [0.5, 0.6) is 5.75 Å². The average Bonchev–Trinajstić information content (AvgIpc) is 3.64. The molecule has 0 radical (unpaired) electrons. The first-order chi connectivity index (χ1) is 20.3. The molecule has 3 aliphatic heterocycles. The standard InChI is InChI=1S/C30H30O4S7/c1-3-7-23-21(5-1)19-22-6-2-4-8-24(22)26(23)34-15-18-35-25-20-38-29(39-25)30-40-27-28(41-30)37-17-14-33-12-10-31-9-11-32-13-16-36-27/h1-8,19-20H,9-18H2. The fourth-order valence-corrected chi connectivity index (χ4v) is 13.8. The van der Waals surface area contributed by atoms with E-state index in [1.165, 1.54) is 42.7 Å². The van der Waals surface area contributed by atoms with E-state index in [4.69, 9.17) is 18.9 Å². The van der Waals surface area contributed by atoms with Crippen molar-refractivity contribution in [1.29, 1.82) is 0 Å². The van der Waals surface area contributed by atoms with Gasteiger partial charge >= 0.3 is 0 Å². The Morgan fingerprint density at radius 3 is 1.88 bits per heavy atom. The summed E-state index contributed by atoms with van der Waals surface area (Å²) in [6, 6.07) is 19.2. The molecule has 3 aliphatic rings. The monoisotopic (exact) mass is 678 g/mol. The third-order valence-electron chi connectivity index (χ3n) is 6.12. The van der Waals surface area contributed by atoms with Gasteiger partial charge in [0.2, 0.25) is 0 Å². The van der Waals surface area contributed by atoms with E-state index in [-0.39, 0.29) is 0 Å². The lowest BCUT2D eigenvalue weighted by atomic mass is 10.0. The maximum Gasteiger partial charge on any atom is 0.134 e. The summed E-state index contributed by atoms with van der Waals surface area (Å²) in [6.45, 7) is 4.69. The van der Waals surface area contributed by atoms with E-state index in [1.54, 1.807) is 0 Å². The highest BCUT2D eigenvalue weighted by atomic mass is 32.3. The highest BCUT2D eigenvalue weighted by Gasteiger charge is 2.27. The van der Waals surface area contributed by atoms with Gasteiger partial charge in [-0.3, -0.25) is 0 Å². The fourth-order valence-electron chi connectivity index (χ4n) is 4.27. The number of benzene rings is 3. The van der Waals surface area contributed by atoms with E-state index >= 15 is 0 Å². The molecule has 41 heavy (non-hydrogen) atoms. The van der Waals surface area contributed by atoms with Crippen LogP contribution in [-0.2, 0) is 14.2 Å². The highest BCUT2D eigenvalue weighted by Crippen LogP contribution is 2.63. The van der Waals surface area contributed by atoms with Crippen LogP contribution in [0.1, 0.15) is 0 Å². The van der Waals surface area contributed by atoms with Gasteiger partial charge in [-0.15, -0.1) is 35.3 Å². The van der Waals surface area contributed by atoms with E-state index in [2.05, 4.69) is 60.0 Å². The number of fused-ring (bicyclic) bond motifs is 2. The van der Waals surface area contributed by atoms with Crippen molar-refractivity contribution in [1.82, 2.24) is 0 Å². The van der Waals surface area contributed by atoms with Gasteiger partial charge in [0.1, 0.15) is 5.75 Å². The van der Waals surface area contributed by atoms with Crippen molar-refractivity contribution in [2.75, 3.05) is 63.5 Å². The van der Waals surface area contributed by atoms with Crippen molar-refractivity contribution in [2.45, 2.75) is 0 Å². The number of hydrogen-bond acceptors (Lipinski definition) is 11. The van der Waals surface area contributed by atoms with Gasteiger partial charge in [-0.2, -0.15) is 0 Å². The highest BCUT2D eigenvalue weighted by molar-refractivity contribution is 8.43. The van der Waals surface area contributed by atoms with Crippen molar-refractivity contribution in [3.8, 4) is 5.75 Å². The summed E-state index contributed by atoms with van der Waals surface area (Å²) in [5, 5.41) is 7.08. The van der Waals surface area contributed by atoms with Crippen LogP contribution in [0.4, 0.5) is 0 Å². The van der Waals surface area contributed by atoms with Gasteiger partial charge < -0.3 is 18.9 Å². The molecular weight excluding hydrogens is 649 g/mol. The van der Waals surface area contributed by atoms with Gasteiger partial charge in [0.15, 0.2) is 0 Å². The molecule has 0 N–H and O–H groups in total. The van der Waals surface area contributed by atoms with E-state index in [1.807, 2.05) is 82.3 Å². The predicted octanol–water partition coefficient (Wildman–Crippen LogP) is 9.65. The van der Waals surface area contributed by atoms with E-state index in [0.717, 1.165) is 36.2 Å². The molecule has 11 heteroatoms. The van der Waals surface area contributed by atoms with Crippen LogP contribution in [0.15, 0.2) is 81.2 Å². The molecular formula is C30H30O4S7. The zero-order chi connectivity index (χ0) is 27.7. The summed E-state index contributed by atoms with van der Waals surface area (Å²) in [5.41, 5.74) is 0. The number of hydrogen-bond donors (Lipinski definition) is 0. The predicted molar refractivity (Wildman–Crippen MR) is 189 cm³/mol. The molecule has 0 saturated heterocycles. The first-order valence-corrected chi connectivity index (χ1v) is 19.7. The van der Waals surface area contributed by atoms with Crippen molar-refractivity contribution in [3.05, 3.63) is 81.2 Å². The van der Waals surface area contributed by atoms with E-state index in [0.29, 0.717) is 33.0 Å². The normalized spacial score (nSPS) is 19.8. The summed E-state index contributed by atoms with van der Waals surface area (Å²) in [5.74, 6) is 3.81. The maximum absolute atomic E-state index is 6.44. The minimum atomic E-state index is 0.631. The number of ether oxygens (including phenoxy) is 4. The van der Waals surface area contributed by atoms with Gasteiger partial charge in [-0.25, -0.2) is 0 Å². The van der Waals surface area contributed by atoms with Crippen molar-refractivity contribution >= 4 is 104 Å². The Hall–Kier alpha value is -0.470. The summed E-state index contributed by atoms with van der Waals surface area (Å²) < 4.78 is 30.4. The molecule has 0 aliphatic carbocycles. The van der Waals surface area contributed by atoms with Crippen LogP contribution in [0.2, 0.25) is 0 Å². The maximum atomic E-state index is 6.44. The van der Waals surface area contributed by atoms with E-state index in [9.17, 15) is 0 Å². The van der Waals surface area contributed by atoms with E-state index < -0.39 is 0 Å². The van der Waals surface area contributed by atoms with Crippen LogP contribution >= 0.6 is 82.3 Å². The van der Waals surface area contributed by atoms with Crippen LogP contribution in [0.3, 0.4) is 0 Å². The molecule has 0 atom stereocenters. The van der Waals surface area contributed by atoms with Gasteiger partial charge in [0.25, 0.3) is 0 Å². The summed E-state index contributed by atoms with van der Waals surface area (Å²) in [6.07, 6.45) is 0. The third-order valence-corrected chi connectivity index (χ3v) is 15.8. The molecule has 3 aromatic carbocycles. The Bertz CT molecular complexity index is 1370. The van der Waals surface area contributed by atoms with Gasteiger partial charge in [0, 0.05) is 28.0 Å². The average molecular weight is 679 g/mol. The Labute approximate surface area is 271 Å². The third kappa shape index (κ3) is 8.38. The molecule has 4 nitrogen and oxygen atoms in total. The van der Waals surface area contributed by atoms with Crippen LogP contribution < -0.4 is 4.74 Å². The zero-order valence-corrected chi connectivity index (χ0v) is 28.1. The van der Waals surface area contributed by atoms with Crippen molar-refractivity contribution < 1.29 is 18.9 Å². The van der Waals surface area contributed by atoms with Gasteiger partial charge in [0.05, 0.1) is 67.4 Å². The second kappa shape index (κ2) is 16.0. The van der Waals surface area contributed by atoms with Crippen LogP contribution in [0.25, 0.3) is 21.5 Å². The second-order valence-corrected chi connectivity index (χ2v) is 17.5. The minimum Gasteiger partial charge on any atom is -0.491 e. The molecule has 0 bridgehead atoms. The zero-order valence-electron chi connectivity index (χ0n) is 22.3. The van der Waals surface area contributed by atoms with Gasteiger partial charge in [-0.1, -0.05) is 95.6 Å². The molecule has 216 valence electrons. The molecule has 0 amide bonds. The molecule has 0 saturated carbocycles. The Morgan fingerprint density at radius 1 is 0.659 bits per heavy atom. The summed E-state index contributed by atoms with van der Waals surface area (Å²) >= 11 is 13.3. The fraction of sp³-hybridized carbons (Fsp3) is 0.333. The minimum absolute atomic E-state index is 0.631. The first-order valence-electron chi connectivity index (χ1n) is 13.4. The summed E-state index contributed by atoms with van der Waals surface area (Å²) in [7, 11) is 0. The quantitative estimate of drug-likeness (QED) is 0.191. The molecule has 0 spiro atoms. The lowest BCUT2D eigenvalue weighted by Gasteiger charge is -2.13. The van der Waals surface area contributed by atoms with Crippen molar-refractivity contribution in [2.24, 2.45) is 0 Å². The van der Waals surface area contributed by atoms with Crippen molar-refractivity contribution in [3.63, 3.8) is 0 Å². The van der Waals surface area contributed by atoms with Crippen LogP contribution in [0, 0.1) is 0 Å². The molecule has 0 aromatic heterocycles. The topological polar surface area (TPSA) is 36.9 Å². The SMILES string of the molecule is C1=C(SCCOc2c3ccccc3cc3ccccc23)SC(=C2SC3=C(SCCOCCOCCOCCS3)S2)S1.